The van der Waals surface area contributed by atoms with Crippen LogP contribution >= 0.6 is 0 Å². The number of benzene rings is 2. The number of carbonyl (C=O) groups is 1. The molecule has 0 radical (unpaired) electrons. The van der Waals surface area contributed by atoms with Gasteiger partial charge in [0, 0.05) is 30.5 Å². The normalized spacial score (nSPS) is 13.5. The molecule has 2 aromatic carbocycles. The van der Waals surface area contributed by atoms with E-state index in [1.54, 1.807) is 12.1 Å². The average Bonchev–Trinajstić information content (AvgIpc) is 3.16. The largest absolute Gasteiger partial charge is 0.477 e. The second kappa shape index (κ2) is 7.86. The van der Waals surface area contributed by atoms with Gasteiger partial charge >= 0.3 is 5.69 Å². The van der Waals surface area contributed by atoms with Crippen molar-refractivity contribution in [2.45, 2.75) is 19.8 Å². The predicted octanol–water partition coefficient (Wildman–Crippen LogP) is 3.52. The van der Waals surface area contributed by atoms with E-state index in [-0.39, 0.29) is 24.0 Å². The molecule has 1 fully saturated rings. The summed E-state index contributed by atoms with van der Waals surface area (Å²) in [5, 5.41) is 13.8. The third-order valence-corrected chi connectivity index (χ3v) is 4.38. The third-order valence-electron chi connectivity index (χ3n) is 4.38. The minimum atomic E-state index is -0.533. The highest BCUT2D eigenvalue weighted by Crippen LogP contribution is 2.27. The number of ether oxygens (including phenoxy) is 1. The molecule has 0 bridgehead atoms. The van der Waals surface area contributed by atoms with Crippen molar-refractivity contribution in [3.05, 3.63) is 58.1 Å². The number of aryl methyl sites for hydroxylation is 1. The fourth-order valence-electron chi connectivity index (χ4n) is 3.02. The topological polar surface area (TPSA) is 84.7 Å². The third kappa shape index (κ3) is 4.11. The summed E-state index contributed by atoms with van der Waals surface area (Å²) in [4.78, 5) is 24.9. The lowest BCUT2D eigenvalue weighted by Gasteiger charge is -2.19. The van der Waals surface area contributed by atoms with Gasteiger partial charge in [-0.15, -0.1) is 0 Å². The fraction of sp³-hybridized carbons (Fsp3) is 0.316. The zero-order valence-corrected chi connectivity index (χ0v) is 14.6. The number of carbonyl (C=O) groups excluding carboxylic acids is 1. The summed E-state index contributed by atoms with van der Waals surface area (Å²) >= 11 is 0. The Kier molecular flexibility index (Phi) is 5.36. The Morgan fingerprint density at radius 1 is 1.23 bits per heavy atom. The van der Waals surface area contributed by atoms with Crippen LogP contribution in [0.25, 0.3) is 0 Å². The molecule has 26 heavy (non-hydrogen) atoms. The van der Waals surface area contributed by atoms with Crippen LogP contribution in [0.15, 0.2) is 42.5 Å². The van der Waals surface area contributed by atoms with Gasteiger partial charge in [-0.1, -0.05) is 12.1 Å². The summed E-state index contributed by atoms with van der Waals surface area (Å²) in [6.07, 6.45) is 2.42. The molecule has 7 nitrogen and oxygen atoms in total. The number of anilines is 2. The van der Waals surface area contributed by atoms with Gasteiger partial charge in [0.1, 0.15) is 0 Å². The maximum atomic E-state index is 12.1. The molecule has 1 aliphatic heterocycles. The van der Waals surface area contributed by atoms with Gasteiger partial charge < -0.3 is 15.0 Å². The van der Waals surface area contributed by atoms with Gasteiger partial charge in [-0.05, 0) is 49.6 Å². The summed E-state index contributed by atoms with van der Waals surface area (Å²) in [6.45, 7) is 3.78. The molecule has 1 heterocycles. The van der Waals surface area contributed by atoms with Crippen molar-refractivity contribution in [2.75, 3.05) is 29.9 Å². The van der Waals surface area contributed by atoms with Gasteiger partial charge in [-0.3, -0.25) is 14.9 Å². The van der Waals surface area contributed by atoms with Gasteiger partial charge in [0.15, 0.2) is 12.4 Å². The highest BCUT2D eigenvalue weighted by molar-refractivity contribution is 5.93. The van der Waals surface area contributed by atoms with Gasteiger partial charge in [0.25, 0.3) is 5.91 Å². The molecule has 1 amide bonds. The molecular weight excluding hydrogens is 334 g/mol. The molecule has 1 saturated heterocycles. The van der Waals surface area contributed by atoms with E-state index in [4.69, 9.17) is 4.74 Å². The van der Waals surface area contributed by atoms with Crippen LogP contribution in [0.5, 0.6) is 5.75 Å². The fourth-order valence-corrected chi connectivity index (χ4v) is 3.02. The second-order valence-corrected chi connectivity index (χ2v) is 6.26. The molecule has 136 valence electrons. The molecule has 1 N–H and O–H groups in total. The highest BCUT2D eigenvalue weighted by Gasteiger charge is 2.16. The van der Waals surface area contributed by atoms with Crippen LogP contribution in [0.1, 0.15) is 18.4 Å². The SMILES string of the molecule is Cc1cc(N2CCCC2)ccc1NC(=O)COc1ccccc1[N+](=O)[O-]. The molecule has 1 aliphatic rings. The molecule has 0 spiro atoms. The molecular formula is C19H21N3O4. The van der Waals surface area contributed by atoms with E-state index in [0.29, 0.717) is 5.69 Å². The van der Waals surface area contributed by atoms with E-state index >= 15 is 0 Å². The Labute approximate surface area is 151 Å². The van der Waals surface area contributed by atoms with E-state index in [2.05, 4.69) is 16.3 Å². The van der Waals surface area contributed by atoms with Crippen molar-refractivity contribution >= 4 is 23.0 Å². The van der Waals surface area contributed by atoms with E-state index in [0.717, 1.165) is 24.3 Å². The van der Waals surface area contributed by atoms with Crippen molar-refractivity contribution < 1.29 is 14.5 Å². The van der Waals surface area contributed by atoms with Gasteiger partial charge in [0.2, 0.25) is 0 Å². The number of amides is 1. The summed E-state index contributed by atoms with van der Waals surface area (Å²) in [5.74, 6) is -0.283. The first-order valence-electron chi connectivity index (χ1n) is 8.56. The van der Waals surface area contributed by atoms with E-state index < -0.39 is 4.92 Å². The van der Waals surface area contributed by atoms with Crippen molar-refractivity contribution in [3.63, 3.8) is 0 Å². The smallest absolute Gasteiger partial charge is 0.310 e. The van der Waals surface area contributed by atoms with Crippen LogP contribution in [0.2, 0.25) is 0 Å². The summed E-state index contributed by atoms with van der Waals surface area (Å²) in [7, 11) is 0. The molecule has 7 heteroatoms. The molecule has 0 aromatic heterocycles. The number of hydrogen-bond donors (Lipinski definition) is 1. The average molecular weight is 355 g/mol. The van der Waals surface area contributed by atoms with Crippen molar-refractivity contribution in [1.29, 1.82) is 0 Å². The van der Waals surface area contributed by atoms with Crippen molar-refractivity contribution in [1.82, 2.24) is 0 Å². The Morgan fingerprint density at radius 3 is 2.65 bits per heavy atom. The van der Waals surface area contributed by atoms with Crippen molar-refractivity contribution in [2.24, 2.45) is 0 Å². The Morgan fingerprint density at radius 2 is 1.96 bits per heavy atom. The van der Waals surface area contributed by atoms with Gasteiger partial charge in [-0.25, -0.2) is 0 Å². The van der Waals surface area contributed by atoms with Crippen LogP contribution in [0.3, 0.4) is 0 Å². The quantitative estimate of drug-likeness (QED) is 0.633. The highest BCUT2D eigenvalue weighted by atomic mass is 16.6. The van der Waals surface area contributed by atoms with Crippen LogP contribution < -0.4 is 15.0 Å². The first-order valence-corrected chi connectivity index (χ1v) is 8.56. The van der Waals surface area contributed by atoms with Gasteiger partial charge in [0.05, 0.1) is 4.92 Å². The maximum Gasteiger partial charge on any atom is 0.310 e. The maximum absolute atomic E-state index is 12.1. The zero-order chi connectivity index (χ0) is 18.5. The minimum absolute atomic E-state index is 0.0775. The monoisotopic (exact) mass is 355 g/mol. The molecule has 2 aromatic rings. The number of nitrogens with zero attached hydrogens (tertiary/aromatic N) is 2. The van der Waals surface area contributed by atoms with Gasteiger partial charge in [-0.2, -0.15) is 0 Å². The van der Waals surface area contributed by atoms with E-state index in [1.807, 2.05) is 19.1 Å². The molecule has 0 aliphatic carbocycles. The standard InChI is InChI=1S/C19H21N3O4/c1-14-12-15(21-10-4-5-11-21)8-9-16(14)20-19(23)13-26-18-7-3-2-6-17(18)22(24)25/h2-3,6-9,12H,4-5,10-11,13H2,1H3,(H,20,23). The number of rotatable bonds is 6. The van der Waals surface area contributed by atoms with Crippen LogP contribution in [0, 0.1) is 17.0 Å². The molecule has 0 saturated carbocycles. The summed E-state index contributed by atoms with van der Waals surface area (Å²) < 4.78 is 5.32. The lowest BCUT2D eigenvalue weighted by Crippen LogP contribution is -2.21. The van der Waals surface area contributed by atoms with Crippen LogP contribution in [-0.2, 0) is 4.79 Å². The first-order chi connectivity index (χ1) is 12.5. The van der Waals surface area contributed by atoms with Crippen LogP contribution in [0.4, 0.5) is 17.1 Å². The summed E-state index contributed by atoms with van der Waals surface area (Å²) in [6, 6.07) is 11.9. The van der Waals surface area contributed by atoms with E-state index in [9.17, 15) is 14.9 Å². The number of para-hydroxylation sites is 2. The molecule has 3 rings (SSSR count). The lowest BCUT2D eigenvalue weighted by molar-refractivity contribution is -0.385. The Hall–Kier alpha value is -3.09. The lowest BCUT2D eigenvalue weighted by atomic mass is 10.1. The summed E-state index contributed by atoms with van der Waals surface area (Å²) in [5.41, 5.74) is 2.68. The predicted molar refractivity (Wildman–Crippen MR) is 99.8 cm³/mol. The number of nitro benzene ring substituents is 1. The molecule has 0 atom stereocenters. The number of hydrogen-bond acceptors (Lipinski definition) is 5. The Bertz CT molecular complexity index is 816. The van der Waals surface area contributed by atoms with E-state index in [1.165, 1.54) is 25.0 Å². The minimum Gasteiger partial charge on any atom is -0.477 e. The number of nitro groups is 1. The zero-order valence-electron chi connectivity index (χ0n) is 14.6. The van der Waals surface area contributed by atoms with Crippen molar-refractivity contribution in [3.8, 4) is 5.75 Å². The second-order valence-electron chi connectivity index (χ2n) is 6.26. The first kappa shape index (κ1) is 17.7. The van der Waals surface area contributed by atoms with Crippen LogP contribution in [-0.4, -0.2) is 30.5 Å². The molecule has 0 unspecified atom stereocenters. The number of nitrogens with one attached hydrogen (secondary N) is 1. The Balaban J connectivity index is 1.61.